The second-order valence-electron chi connectivity index (χ2n) is 7.65. The highest BCUT2D eigenvalue weighted by molar-refractivity contribution is 5.81. The zero-order chi connectivity index (χ0) is 19.6. The van der Waals surface area contributed by atoms with Crippen molar-refractivity contribution in [1.29, 1.82) is 0 Å². The van der Waals surface area contributed by atoms with E-state index in [0.717, 1.165) is 24.2 Å². The summed E-state index contributed by atoms with van der Waals surface area (Å²) in [5.41, 5.74) is 8.47. The second kappa shape index (κ2) is 7.60. The van der Waals surface area contributed by atoms with E-state index in [-0.39, 0.29) is 5.92 Å². The molecule has 0 aliphatic carbocycles. The number of nitrogens with two attached hydrogens (primary N) is 1. The Balaban J connectivity index is 2.05. The standard InChI is InChI=1S/C20H27N3O4/c1-20(2,3)27-19(24)23-18(14-9-11-26-12-10-14)16(21)17(22-23)13-5-7-15(25-4)8-6-13/h5-8,14H,9-12,21H2,1-4H3. The zero-order valence-corrected chi connectivity index (χ0v) is 16.3. The molecule has 1 aromatic heterocycles. The fourth-order valence-corrected chi connectivity index (χ4v) is 3.21. The summed E-state index contributed by atoms with van der Waals surface area (Å²) in [6.07, 6.45) is 1.07. The lowest BCUT2D eigenvalue weighted by molar-refractivity contribution is 0.0491. The van der Waals surface area contributed by atoms with Crippen LogP contribution in [-0.2, 0) is 9.47 Å². The third-order valence-electron chi connectivity index (χ3n) is 4.50. The van der Waals surface area contributed by atoms with Crippen molar-refractivity contribution in [2.45, 2.75) is 45.1 Å². The molecule has 2 heterocycles. The van der Waals surface area contributed by atoms with E-state index in [2.05, 4.69) is 5.10 Å². The molecule has 0 atom stereocenters. The predicted molar refractivity (Wildman–Crippen MR) is 103 cm³/mol. The van der Waals surface area contributed by atoms with Gasteiger partial charge < -0.3 is 19.9 Å². The smallest absolute Gasteiger partial charge is 0.435 e. The van der Waals surface area contributed by atoms with Gasteiger partial charge in [-0.15, -0.1) is 0 Å². The molecular weight excluding hydrogens is 346 g/mol. The van der Waals surface area contributed by atoms with Gasteiger partial charge in [0.2, 0.25) is 0 Å². The highest BCUT2D eigenvalue weighted by Gasteiger charge is 2.30. The third kappa shape index (κ3) is 4.24. The van der Waals surface area contributed by atoms with Crippen LogP contribution < -0.4 is 10.5 Å². The number of anilines is 1. The molecule has 1 aliphatic rings. The maximum Gasteiger partial charge on any atom is 0.435 e. The van der Waals surface area contributed by atoms with Crippen molar-refractivity contribution in [2.24, 2.45) is 0 Å². The fraction of sp³-hybridized carbons (Fsp3) is 0.500. The number of ether oxygens (including phenoxy) is 3. The number of methoxy groups -OCH3 is 1. The van der Waals surface area contributed by atoms with Gasteiger partial charge in [-0.1, -0.05) is 0 Å². The maximum atomic E-state index is 12.8. The molecule has 2 aromatic rings. The van der Waals surface area contributed by atoms with Gasteiger partial charge in [-0.25, -0.2) is 4.79 Å². The number of carbonyl (C=O) groups excluding carboxylic acids is 1. The van der Waals surface area contributed by atoms with Crippen molar-refractivity contribution < 1.29 is 19.0 Å². The minimum absolute atomic E-state index is 0.103. The van der Waals surface area contributed by atoms with Crippen molar-refractivity contribution in [1.82, 2.24) is 9.78 Å². The maximum absolute atomic E-state index is 12.8. The Morgan fingerprint density at radius 1 is 1.22 bits per heavy atom. The predicted octanol–water partition coefficient (Wildman–Crippen LogP) is 3.82. The van der Waals surface area contributed by atoms with Crippen LogP contribution in [0.2, 0.25) is 0 Å². The van der Waals surface area contributed by atoms with Crippen LogP contribution in [0.25, 0.3) is 11.3 Å². The number of rotatable bonds is 3. The van der Waals surface area contributed by atoms with Gasteiger partial charge in [-0.2, -0.15) is 9.78 Å². The number of nitrogen functional groups attached to an aromatic ring is 1. The van der Waals surface area contributed by atoms with Crippen molar-refractivity contribution in [3.05, 3.63) is 30.0 Å². The molecule has 1 fully saturated rings. The molecule has 7 heteroatoms. The summed E-state index contributed by atoms with van der Waals surface area (Å²) < 4.78 is 17.5. The summed E-state index contributed by atoms with van der Waals surface area (Å²) >= 11 is 0. The summed E-state index contributed by atoms with van der Waals surface area (Å²) in [5.74, 6) is 0.847. The molecule has 0 unspecified atom stereocenters. The molecule has 7 nitrogen and oxygen atoms in total. The van der Waals surface area contributed by atoms with Crippen LogP contribution >= 0.6 is 0 Å². The van der Waals surface area contributed by atoms with Crippen molar-refractivity contribution in [2.75, 3.05) is 26.1 Å². The second-order valence-corrected chi connectivity index (χ2v) is 7.65. The minimum atomic E-state index is -0.620. The highest BCUT2D eigenvalue weighted by atomic mass is 16.6. The number of hydrogen-bond acceptors (Lipinski definition) is 6. The number of benzene rings is 1. The van der Waals surface area contributed by atoms with Crippen molar-refractivity contribution >= 4 is 11.8 Å². The molecule has 1 saturated heterocycles. The third-order valence-corrected chi connectivity index (χ3v) is 4.50. The normalized spacial score (nSPS) is 15.6. The first-order chi connectivity index (χ1) is 12.8. The van der Waals surface area contributed by atoms with Gasteiger partial charge in [0.15, 0.2) is 0 Å². The largest absolute Gasteiger partial charge is 0.497 e. The van der Waals surface area contributed by atoms with Crippen LogP contribution in [0.3, 0.4) is 0 Å². The number of aromatic nitrogens is 2. The fourth-order valence-electron chi connectivity index (χ4n) is 3.21. The van der Waals surface area contributed by atoms with Gasteiger partial charge in [-0.05, 0) is 57.9 Å². The SMILES string of the molecule is COc1ccc(-c2nn(C(=O)OC(C)(C)C)c(C3CCOCC3)c2N)cc1. The summed E-state index contributed by atoms with van der Waals surface area (Å²) in [6, 6.07) is 7.44. The van der Waals surface area contributed by atoms with E-state index < -0.39 is 11.7 Å². The highest BCUT2D eigenvalue weighted by Crippen LogP contribution is 2.37. The molecule has 3 rings (SSSR count). The quantitative estimate of drug-likeness (QED) is 0.880. The van der Waals surface area contributed by atoms with Gasteiger partial charge in [0.1, 0.15) is 17.0 Å². The average molecular weight is 373 g/mol. The lowest BCUT2D eigenvalue weighted by Gasteiger charge is -2.24. The molecule has 27 heavy (non-hydrogen) atoms. The number of nitrogens with zero attached hydrogens (tertiary/aromatic N) is 2. The Morgan fingerprint density at radius 3 is 2.41 bits per heavy atom. The monoisotopic (exact) mass is 373 g/mol. The Kier molecular flexibility index (Phi) is 5.41. The van der Waals surface area contributed by atoms with E-state index in [4.69, 9.17) is 19.9 Å². The zero-order valence-electron chi connectivity index (χ0n) is 16.3. The topological polar surface area (TPSA) is 88.6 Å². The molecule has 1 aliphatic heterocycles. The summed E-state index contributed by atoms with van der Waals surface area (Å²) in [5, 5.41) is 4.53. The number of hydrogen-bond donors (Lipinski definition) is 1. The molecule has 146 valence electrons. The molecule has 0 saturated carbocycles. The average Bonchev–Trinajstić information content (AvgIpc) is 2.98. The molecule has 0 radical (unpaired) electrons. The van der Waals surface area contributed by atoms with Crippen LogP contribution in [0.5, 0.6) is 5.75 Å². The molecule has 0 spiro atoms. The van der Waals surface area contributed by atoms with E-state index in [1.165, 1.54) is 4.68 Å². The lowest BCUT2D eigenvalue weighted by atomic mass is 9.94. The molecule has 0 amide bonds. The van der Waals surface area contributed by atoms with Crippen molar-refractivity contribution in [3.63, 3.8) is 0 Å². The Bertz CT molecular complexity index is 800. The summed E-state index contributed by atoms with van der Waals surface area (Å²) in [4.78, 5) is 12.8. The van der Waals surface area contributed by atoms with Crippen LogP contribution in [-0.4, -0.2) is 41.8 Å². The molecule has 2 N–H and O–H groups in total. The van der Waals surface area contributed by atoms with E-state index in [1.54, 1.807) is 7.11 Å². The summed E-state index contributed by atoms with van der Waals surface area (Å²) in [6.45, 7) is 6.77. The van der Waals surface area contributed by atoms with E-state index in [1.807, 2.05) is 45.0 Å². The summed E-state index contributed by atoms with van der Waals surface area (Å²) in [7, 11) is 1.61. The van der Waals surface area contributed by atoms with Crippen molar-refractivity contribution in [3.8, 4) is 17.0 Å². The van der Waals surface area contributed by atoms with Crippen LogP contribution in [0, 0.1) is 0 Å². The first-order valence-electron chi connectivity index (χ1n) is 9.14. The Morgan fingerprint density at radius 2 is 1.85 bits per heavy atom. The van der Waals surface area contributed by atoms with Crippen LogP contribution in [0.4, 0.5) is 10.5 Å². The van der Waals surface area contributed by atoms with Gasteiger partial charge in [0, 0.05) is 24.7 Å². The van der Waals surface area contributed by atoms with Gasteiger partial charge in [0.05, 0.1) is 18.5 Å². The van der Waals surface area contributed by atoms with E-state index >= 15 is 0 Å². The Labute approximate surface area is 159 Å². The minimum Gasteiger partial charge on any atom is -0.497 e. The number of carbonyl (C=O) groups is 1. The molecule has 0 bridgehead atoms. The molecule has 1 aromatic carbocycles. The van der Waals surface area contributed by atoms with Gasteiger partial charge in [-0.3, -0.25) is 0 Å². The van der Waals surface area contributed by atoms with Crippen LogP contribution in [0.15, 0.2) is 24.3 Å². The van der Waals surface area contributed by atoms with Gasteiger partial charge >= 0.3 is 6.09 Å². The van der Waals surface area contributed by atoms with Crippen LogP contribution in [0.1, 0.15) is 45.2 Å². The first kappa shape index (κ1) is 19.2. The molecular formula is C20H27N3O4. The van der Waals surface area contributed by atoms with Gasteiger partial charge in [0.25, 0.3) is 0 Å². The Hall–Kier alpha value is -2.54. The van der Waals surface area contributed by atoms with E-state index in [9.17, 15) is 4.79 Å². The lowest BCUT2D eigenvalue weighted by Crippen LogP contribution is -2.30. The first-order valence-corrected chi connectivity index (χ1v) is 9.14. The van der Waals surface area contributed by atoms with E-state index in [0.29, 0.717) is 30.3 Å².